The Kier molecular flexibility index (Phi) is 3.64. The molecule has 0 spiro atoms. The number of hydrogen-bond acceptors (Lipinski definition) is 3. The molecule has 1 fully saturated rings. The summed E-state index contributed by atoms with van der Waals surface area (Å²) in [6, 6.07) is 4.20. The molecule has 3 rings (SSSR count). The zero-order valence-electron chi connectivity index (χ0n) is 10.7. The number of hydrogen-bond donors (Lipinski definition) is 1. The number of nitrogens with one attached hydrogen (secondary N) is 1. The fourth-order valence-corrected chi connectivity index (χ4v) is 3.64. The fraction of sp³-hybridized carbons (Fsp3) is 0.429. The van der Waals surface area contributed by atoms with Gasteiger partial charge in [-0.1, -0.05) is 18.9 Å². The Morgan fingerprint density at radius 2 is 2.32 bits per heavy atom. The second-order valence-electron chi connectivity index (χ2n) is 4.96. The predicted octanol–water partition coefficient (Wildman–Crippen LogP) is 3.43. The Labute approximate surface area is 116 Å². The molecule has 1 amide bonds. The van der Waals surface area contributed by atoms with Crippen LogP contribution in [-0.2, 0) is 0 Å². The van der Waals surface area contributed by atoms with E-state index in [0.29, 0.717) is 5.92 Å². The minimum absolute atomic E-state index is 0.0946. The summed E-state index contributed by atoms with van der Waals surface area (Å²) in [5.74, 6) is 0.561. The van der Waals surface area contributed by atoms with Crippen LogP contribution in [0.2, 0.25) is 0 Å². The van der Waals surface area contributed by atoms with E-state index in [1.807, 2.05) is 6.07 Å². The van der Waals surface area contributed by atoms with Crippen molar-refractivity contribution >= 4 is 17.4 Å². The summed E-state index contributed by atoms with van der Waals surface area (Å²) in [5, 5.41) is 5.23. The predicted molar refractivity (Wildman–Crippen MR) is 75.2 cm³/mol. The van der Waals surface area contributed by atoms with Gasteiger partial charge in [-0.15, -0.1) is 11.3 Å². The van der Waals surface area contributed by atoms with Crippen LogP contribution in [0.15, 0.2) is 36.2 Å². The summed E-state index contributed by atoms with van der Waals surface area (Å²) in [7, 11) is 0. The topological polar surface area (TPSA) is 46.9 Å². The number of thiophene rings is 1. The summed E-state index contributed by atoms with van der Waals surface area (Å²) < 4.78 is 1.50. The van der Waals surface area contributed by atoms with Crippen molar-refractivity contribution in [1.82, 2.24) is 14.9 Å². The number of carbonyl (C=O) groups is 1. The second-order valence-corrected chi connectivity index (χ2v) is 5.94. The maximum Gasteiger partial charge on any atom is 0.327 e. The van der Waals surface area contributed by atoms with Crippen molar-refractivity contribution in [2.75, 3.05) is 0 Å². The van der Waals surface area contributed by atoms with Crippen LogP contribution < -0.4 is 5.32 Å². The molecule has 0 aromatic carbocycles. The Morgan fingerprint density at radius 1 is 1.47 bits per heavy atom. The van der Waals surface area contributed by atoms with Crippen molar-refractivity contribution in [3.8, 4) is 0 Å². The van der Waals surface area contributed by atoms with Crippen LogP contribution in [0.5, 0.6) is 0 Å². The molecule has 4 nitrogen and oxygen atoms in total. The molecule has 1 atom stereocenters. The first-order valence-electron chi connectivity index (χ1n) is 6.67. The normalized spacial score (nSPS) is 17.5. The summed E-state index contributed by atoms with van der Waals surface area (Å²) in [4.78, 5) is 17.4. The molecule has 19 heavy (non-hydrogen) atoms. The van der Waals surface area contributed by atoms with Gasteiger partial charge in [0.1, 0.15) is 6.33 Å². The number of rotatable bonds is 3. The van der Waals surface area contributed by atoms with Gasteiger partial charge < -0.3 is 5.32 Å². The summed E-state index contributed by atoms with van der Waals surface area (Å²) >= 11 is 1.72. The van der Waals surface area contributed by atoms with Gasteiger partial charge in [-0.05, 0) is 30.2 Å². The molecule has 0 bridgehead atoms. The molecule has 1 aliphatic rings. The average Bonchev–Trinajstić information content (AvgIpc) is 3.17. The highest BCUT2D eigenvalue weighted by Gasteiger charge is 2.28. The maximum atomic E-state index is 12.2. The molecule has 0 saturated heterocycles. The number of imidazole rings is 1. The van der Waals surface area contributed by atoms with E-state index < -0.39 is 0 Å². The van der Waals surface area contributed by atoms with E-state index in [0.717, 1.165) is 0 Å². The highest BCUT2D eigenvalue weighted by atomic mass is 32.1. The quantitative estimate of drug-likeness (QED) is 0.932. The molecule has 0 radical (unpaired) electrons. The van der Waals surface area contributed by atoms with Crippen LogP contribution in [0.3, 0.4) is 0 Å². The summed E-state index contributed by atoms with van der Waals surface area (Å²) in [6.45, 7) is 0. The van der Waals surface area contributed by atoms with Crippen molar-refractivity contribution < 1.29 is 4.79 Å². The van der Waals surface area contributed by atoms with Gasteiger partial charge in [0.05, 0.1) is 6.04 Å². The number of amides is 1. The van der Waals surface area contributed by atoms with E-state index in [-0.39, 0.29) is 12.1 Å². The molecule has 100 valence electrons. The Morgan fingerprint density at radius 3 is 2.95 bits per heavy atom. The van der Waals surface area contributed by atoms with E-state index in [1.54, 1.807) is 23.7 Å². The first-order chi connectivity index (χ1) is 9.34. The zero-order valence-corrected chi connectivity index (χ0v) is 11.5. The molecule has 5 heteroatoms. The molecule has 1 saturated carbocycles. The van der Waals surface area contributed by atoms with E-state index >= 15 is 0 Å². The molecule has 1 unspecified atom stereocenters. The third kappa shape index (κ3) is 2.71. The molecule has 2 heterocycles. The van der Waals surface area contributed by atoms with Crippen LogP contribution in [0.25, 0.3) is 0 Å². The van der Waals surface area contributed by atoms with Gasteiger partial charge in [-0.25, -0.2) is 9.78 Å². The largest absolute Gasteiger partial charge is 0.329 e. The molecule has 1 aliphatic carbocycles. The highest BCUT2D eigenvalue weighted by molar-refractivity contribution is 7.10. The van der Waals surface area contributed by atoms with Crippen LogP contribution >= 0.6 is 11.3 Å². The third-order valence-electron chi connectivity index (χ3n) is 3.74. The molecular weight excluding hydrogens is 258 g/mol. The lowest BCUT2D eigenvalue weighted by molar-refractivity contribution is 0.233. The molecule has 2 aromatic rings. The number of aromatic nitrogens is 2. The van der Waals surface area contributed by atoms with Gasteiger partial charge in [-0.2, -0.15) is 0 Å². The minimum Gasteiger partial charge on any atom is -0.329 e. The van der Waals surface area contributed by atoms with Gasteiger partial charge >= 0.3 is 6.03 Å². The first-order valence-corrected chi connectivity index (χ1v) is 7.55. The van der Waals surface area contributed by atoms with Crippen LogP contribution in [-0.4, -0.2) is 15.6 Å². The summed E-state index contributed by atoms with van der Waals surface area (Å²) in [5.41, 5.74) is 0. The monoisotopic (exact) mass is 275 g/mol. The highest BCUT2D eigenvalue weighted by Crippen LogP contribution is 2.37. The Balaban J connectivity index is 1.77. The molecule has 0 aliphatic heterocycles. The van der Waals surface area contributed by atoms with Crippen LogP contribution in [0, 0.1) is 5.92 Å². The van der Waals surface area contributed by atoms with Gasteiger partial charge in [0, 0.05) is 17.3 Å². The van der Waals surface area contributed by atoms with E-state index in [1.165, 1.54) is 41.5 Å². The second kappa shape index (κ2) is 5.57. The van der Waals surface area contributed by atoms with E-state index in [2.05, 4.69) is 21.7 Å². The lowest BCUT2D eigenvalue weighted by Gasteiger charge is -2.23. The van der Waals surface area contributed by atoms with Crippen molar-refractivity contribution in [3.63, 3.8) is 0 Å². The van der Waals surface area contributed by atoms with Gasteiger partial charge in [0.15, 0.2) is 0 Å². The van der Waals surface area contributed by atoms with E-state index in [9.17, 15) is 4.79 Å². The van der Waals surface area contributed by atoms with Gasteiger partial charge in [0.25, 0.3) is 0 Å². The van der Waals surface area contributed by atoms with Crippen molar-refractivity contribution in [1.29, 1.82) is 0 Å². The van der Waals surface area contributed by atoms with Crippen LogP contribution in [0.1, 0.15) is 36.6 Å². The number of nitrogens with zero attached hydrogens (tertiary/aromatic N) is 2. The Hall–Kier alpha value is -1.62. The van der Waals surface area contributed by atoms with Gasteiger partial charge in [-0.3, -0.25) is 4.57 Å². The molecule has 2 aromatic heterocycles. The SMILES string of the molecule is O=C(NC(c1cccs1)C1CCCC1)n1ccnc1. The van der Waals surface area contributed by atoms with E-state index in [4.69, 9.17) is 0 Å². The average molecular weight is 275 g/mol. The maximum absolute atomic E-state index is 12.2. The third-order valence-corrected chi connectivity index (χ3v) is 4.69. The van der Waals surface area contributed by atoms with Crippen molar-refractivity contribution in [2.24, 2.45) is 5.92 Å². The molecular formula is C14H17N3OS. The first kappa shape index (κ1) is 12.4. The zero-order chi connectivity index (χ0) is 13.1. The van der Waals surface area contributed by atoms with Crippen LogP contribution in [0.4, 0.5) is 4.79 Å². The number of carbonyl (C=O) groups excluding carboxylic acids is 1. The Bertz CT molecular complexity index is 515. The lowest BCUT2D eigenvalue weighted by atomic mass is 9.97. The molecule has 1 N–H and O–H groups in total. The van der Waals surface area contributed by atoms with Crippen molar-refractivity contribution in [2.45, 2.75) is 31.7 Å². The summed E-state index contributed by atoms with van der Waals surface area (Å²) in [6.07, 6.45) is 9.78. The fourth-order valence-electron chi connectivity index (χ4n) is 2.77. The smallest absolute Gasteiger partial charge is 0.327 e. The minimum atomic E-state index is -0.0946. The van der Waals surface area contributed by atoms with Crippen molar-refractivity contribution in [3.05, 3.63) is 41.1 Å². The van der Waals surface area contributed by atoms with Gasteiger partial charge in [0.2, 0.25) is 0 Å². The lowest BCUT2D eigenvalue weighted by Crippen LogP contribution is -2.34. The standard InChI is InChI=1S/C14H17N3OS/c18-14(17-8-7-15-10-17)16-13(11-4-1-2-5-11)12-6-3-9-19-12/h3,6-11,13H,1-2,4-5H2,(H,16,18).